The van der Waals surface area contributed by atoms with Gasteiger partial charge in [0.15, 0.2) is 5.82 Å². The molecule has 1 unspecified atom stereocenters. The Morgan fingerprint density at radius 3 is 2.50 bits per heavy atom. The van der Waals surface area contributed by atoms with Crippen molar-refractivity contribution in [2.24, 2.45) is 0 Å². The molecule has 1 aliphatic carbocycles. The van der Waals surface area contributed by atoms with Crippen LogP contribution in [-0.2, 0) is 6.54 Å². The first-order valence-electron chi connectivity index (χ1n) is 8.78. The minimum atomic E-state index is -0.420. The van der Waals surface area contributed by atoms with Crippen molar-refractivity contribution in [3.63, 3.8) is 0 Å². The maximum absolute atomic E-state index is 10.3. The van der Waals surface area contributed by atoms with Crippen LogP contribution in [0, 0.1) is 0 Å². The van der Waals surface area contributed by atoms with Crippen LogP contribution in [0.3, 0.4) is 0 Å². The standard InChI is InChI=1S/C18H24N4O2/c23-16(14-4-2-1-3-5-14)12-21-8-10-22(11-9-21)13-17-19-18(24-20-17)15-6-7-15/h1-5,15-16,23H,6-13H2. The first-order chi connectivity index (χ1) is 11.8. The molecule has 2 fully saturated rings. The van der Waals surface area contributed by atoms with E-state index in [1.807, 2.05) is 30.3 Å². The van der Waals surface area contributed by atoms with Crippen molar-refractivity contribution in [2.75, 3.05) is 32.7 Å². The van der Waals surface area contributed by atoms with Gasteiger partial charge in [-0.05, 0) is 18.4 Å². The van der Waals surface area contributed by atoms with Crippen molar-refractivity contribution in [1.82, 2.24) is 19.9 Å². The molecule has 6 nitrogen and oxygen atoms in total. The highest BCUT2D eigenvalue weighted by molar-refractivity contribution is 5.17. The third-order valence-corrected chi connectivity index (χ3v) is 4.86. The van der Waals surface area contributed by atoms with Crippen LogP contribution >= 0.6 is 0 Å². The topological polar surface area (TPSA) is 65.6 Å². The molecule has 0 radical (unpaired) electrons. The lowest BCUT2D eigenvalue weighted by Gasteiger charge is -2.35. The molecule has 6 heteroatoms. The van der Waals surface area contributed by atoms with Gasteiger partial charge < -0.3 is 9.63 Å². The van der Waals surface area contributed by atoms with E-state index < -0.39 is 6.10 Å². The van der Waals surface area contributed by atoms with Crippen molar-refractivity contribution in [1.29, 1.82) is 0 Å². The van der Waals surface area contributed by atoms with Crippen LogP contribution in [0.4, 0.5) is 0 Å². The monoisotopic (exact) mass is 328 g/mol. The maximum atomic E-state index is 10.3. The lowest BCUT2D eigenvalue weighted by Crippen LogP contribution is -2.47. The van der Waals surface area contributed by atoms with E-state index in [1.165, 1.54) is 12.8 Å². The Hall–Kier alpha value is -1.76. The van der Waals surface area contributed by atoms with E-state index in [4.69, 9.17) is 4.52 Å². The molecule has 128 valence electrons. The van der Waals surface area contributed by atoms with Gasteiger partial charge in [0.1, 0.15) is 0 Å². The number of hydrogen-bond donors (Lipinski definition) is 1. The average Bonchev–Trinajstić information content (AvgIpc) is 3.37. The van der Waals surface area contributed by atoms with Gasteiger partial charge in [0.05, 0.1) is 12.6 Å². The summed E-state index contributed by atoms with van der Waals surface area (Å²) >= 11 is 0. The van der Waals surface area contributed by atoms with E-state index in [0.717, 1.165) is 50.0 Å². The number of aliphatic hydroxyl groups is 1. The van der Waals surface area contributed by atoms with Gasteiger partial charge in [0.25, 0.3) is 0 Å². The SMILES string of the molecule is OC(CN1CCN(Cc2noc(C3CC3)n2)CC1)c1ccccc1. The van der Waals surface area contributed by atoms with Crippen LogP contribution in [-0.4, -0.2) is 57.8 Å². The first kappa shape index (κ1) is 15.7. The van der Waals surface area contributed by atoms with Crippen LogP contribution in [0.1, 0.15) is 42.1 Å². The van der Waals surface area contributed by atoms with Gasteiger partial charge in [0.2, 0.25) is 5.89 Å². The average molecular weight is 328 g/mol. The number of aromatic nitrogens is 2. The van der Waals surface area contributed by atoms with Gasteiger partial charge in [-0.15, -0.1) is 0 Å². The molecule has 1 saturated carbocycles. The molecule has 1 aliphatic heterocycles. The van der Waals surface area contributed by atoms with Crippen molar-refractivity contribution < 1.29 is 9.63 Å². The second kappa shape index (κ2) is 7.01. The highest BCUT2D eigenvalue weighted by Gasteiger charge is 2.30. The van der Waals surface area contributed by atoms with Crippen molar-refractivity contribution >= 4 is 0 Å². The molecule has 1 aromatic carbocycles. The summed E-state index contributed by atoms with van der Waals surface area (Å²) in [5.74, 6) is 2.13. The maximum Gasteiger partial charge on any atom is 0.229 e. The van der Waals surface area contributed by atoms with E-state index in [-0.39, 0.29) is 0 Å². The zero-order valence-corrected chi connectivity index (χ0v) is 13.8. The summed E-state index contributed by atoms with van der Waals surface area (Å²) in [6.07, 6.45) is 1.95. The summed E-state index contributed by atoms with van der Waals surface area (Å²) in [7, 11) is 0. The molecule has 1 N–H and O–H groups in total. The molecular formula is C18H24N4O2. The van der Waals surface area contributed by atoms with Crippen LogP contribution in [0.2, 0.25) is 0 Å². The third kappa shape index (κ3) is 3.83. The van der Waals surface area contributed by atoms with Gasteiger partial charge in [-0.1, -0.05) is 35.5 Å². The Balaban J connectivity index is 1.24. The van der Waals surface area contributed by atoms with E-state index in [9.17, 15) is 5.11 Å². The van der Waals surface area contributed by atoms with Gasteiger partial charge in [0, 0.05) is 38.6 Å². The number of rotatable bonds is 6. The summed E-state index contributed by atoms with van der Waals surface area (Å²) in [6.45, 7) is 5.29. The van der Waals surface area contributed by atoms with Crippen molar-refractivity contribution in [3.8, 4) is 0 Å². The molecule has 4 rings (SSSR count). The molecule has 1 atom stereocenters. The van der Waals surface area contributed by atoms with E-state index in [1.54, 1.807) is 0 Å². The third-order valence-electron chi connectivity index (χ3n) is 4.86. The summed E-state index contributed by atoms with van der Waals surface area (Å²) in [6, 6.07) is 9.87. The first-order valence-corrected chi connectivity index (χ1v) is 8.78. The fourth-order valence-corrected chi connectivity index (χ4v) is 3.18. The number of aliphatic hydroxyl groups excluding tert-OH is 1. The lowest BCUT2D eigenvalue weighted by atomic mass is 10.1. The van der Waals surface area contributed by atoms with E-state index >= 15 is 0 Å². The molecule has 2 aliphatic rings. The Labute approximate surface area is 142 Å². The summed E-state index contributed by atoms with van der Waals surface area (Å²) in [4.78, 5) is 9.17. The smallest absolute Gasteiger partial charge is 0.229 e. The molecule has 1 saturated heterocycles. The fourth-order valence-electron chi connectivity index (χ4n) is 3.18. The number of nitrogens with zero attached hydrogens (tertiary/aromatic N) is 4. The van der Waals surface area contributed by atoms with Crippen molar-refractivity contribution in [2.45, 2.75) is 31.4 Å². The zero-order chi connectivity index (χ0) is 16.4. The highest BCUT2D eigenvalue weighted by Crippen LogP contribution is 2.38. The van der Waals surface area contributed by atoms with Crippen LogP contribution in [0.5, 0.6) is 0 Å². The number of piperazine rings is 1. The molecule has 0 amide bonds. The molecule has 2 aromatic rings. The molecule has 24 heavy (non-hydrogen) atoms. The number of β-amino-alcohol motifs (C(OH)–C–C–N with tert-alkyl or cyclic N) is 1. The predicted molar refractivity (Wildman–Crippen MR) is 89.4 cm³/mol. The van der Waals surface area contributed by atoms with Gasteiger partial charge >= 0.3 is 0 Å². The molecule has 0 spiro atoms. The minimum absolute atomic E-state index is 0.420. The molecule has 0 bridgehead atoms. The van der Waals surface area contributed by atoms with E-state index in [2.05, 4.69) is 19.9 Å². The Morgan fingerprint density at radius 2 is 1.79 bits per heavy atom. The van der Waals surface area contributed by atoms with E-state index in [0.29, 0.717) is 12.5 Å². The van der Waals surface area contributed by atoms with Crippen LogP contribution < -0.4 is 0 Å². The highest BCUT2D eigenvalue weighted by atomic mass is 16.5. The Morgan fingerprint density at radius 1 is 1.08 bits per heavy atom. The summed E-state index contributed by atoms with van der Waals surface area (Å²) in [5.41, 5.74) is 0.985. The number of hydrogen-bond acceptors (Lipinski definition) is 6. The van der Waals surface area contributed by atoms with Crippen LogP contribution in [0.15, 0.2) is 34.9 Å². The molecular weight excluding hydrogens is 304 g/mol. The van der Waals surface area contributed by atoms with Gasteiger partial charge in [-0.3, -0.25) is 9.80 Å². The predicted octanol–water partition coefficient (Wildman–Crippen LogP) is 1.80. The summed E-state index contributed by atoms with van der Waals surface area (Å²) < 4.78 is 5.32. The Bertz CT molecular complexity index is 648. The number of benzene rings is 1. The minimum Gasteiger partial charge on any atom is -0.387 e. The van der Waals surface area contributed by atoms with Crippen LogP contribution in [0.25, 0.3) is 0 Å². The molecule has 1 aromatic heterocycles. The second-order valence-corrected chi connectivity index (χ2v) is 6.83. The molecule has 2 heterocycles. The quantitative estimate of drug-likeness (QED) is 0.872. The largest absolute Gasteiger partial charge is 0.387 e. The van der Waals surface area contributed by atoms with Gasteiger partial charge in [-0.25, -0.2) is 0 Å². The fraction of sp³-hybridized carbons (Fsp3) is 0.556. The van der Waals surface area contributed by atoms with Crippen molar-refractivity contribution in [3.05, 3.63) is 47.6 Å². The van der Waals surface area contributed by atoms with Gasteiger partial charge in [-0.2, -0.15) is 4.98 Å². The Kier molecular flexibility index (Phi) is 4.60. The lowest BCUT2D eigenvalue weighted by molar-refractivity contribution is 0.0690. The normalized spacial score (nSPS) is 21.0. The second-order valence-electron chi connectivity index (χ2n) is 6.83. The summed E-state index contributed by atoms with van der Waals surface area (Å²) in [5, 5.41) is 14.4. The zero-order valence-electron chi connectivity index (χ0n) is 13.8.